The summed E-state index contributed by atoms with van der Waals surface area (Å²) in [6.07, 6.45) is 1.26. The molecule has 0 saturated heterocycles. The van der Waals surface area contributed by atoms with Crippen LogP contribution in [0.25, 0.3) is 0 Å². The van der Waals surface area contributed by atoms with Crippen LogP contribution in [-0.2, 0) is 6.54 Å². The number of nitrogens with zero attached hydrogens (tertiary/aromatic N) is 1. The third-order valence-corrected chi connectivity index (χ3v) is 3.43. The van der Waals surface area contributed by atoms with E-state index in [4.69, 9.17) is 10.5 Å². The summed E-state index contributed by atoms with van der Waals surface area (Å²) in [5.74, 6) is -0.00214. The highest BCUT2D eigenvalue weighted by Gasteiger charge is 2.12. The molecule has 0 fully saturated rings. The third kappa shape index (κ3) is 5.21. The van der Waals surface area contributed by atoms with Crippen molar-refractivity contribution in [2.75, 3.05) is 20.2 Å². The molecule has 0 aliphatic rings. The van der Waals surface area contributed by atoms with Gasteiger partial charge in [-0.1, -0.05) is 30.3 Å². The van der Waals surface area contributed by atoms with E-state index < -0.39 is 5.83 Å². The van der Waals surface area contributed by atoms with Gasteiger partial charge < -0.3 is 15.4 Å². The first kappa shape index (κ1) is 17.7. The van der Waals surface area contributed by atoms with Crippen molar-refractivity contribution >= 4 is 5.91 Å². The zero-order chi connectivity index (χ0) is 17.4. The predicted octanol–water partition coefficient (Wildman–Crippen LogP) is 3.15. The lowest BCUT2D eigenvalue weighted by Gasteiger charge is -2.17. The fourth-order valence-electron chi connectivity index (χ4n) is 2.18. The quantitative estimate of drug-likeness (QED) is 0.849. The van der Waals surface area contributed by atoms with Crippen molar-refractivity contribution < 1.29 is 13.9 Å². The van der Waals surface area contributed by atoms with Crippen LogP contribution in [0.2, 0.25) is 0 Å². The lowest BCUT2D eigenvalue weighted by molar-refractivity contribution is 0.0785. The summed E-state index contributed by atoms with van der Waals surface area (Å²) in [6.45, 7) is 0.502. The van der Waals surface area contributed by atoms with Gasteiger partial charge in [-0.25, -0.2) is 4.39 Å². The SMILES string of the molecule is CN(Cc1ccccc1)C(=O)c1ccc(OC/C(F)=C/CN)cc1. The van der Waals surface area contributed by atoms with Gasteiger partial charge in [-0.15, -0.1) is 0 Å². The molecule has 1 amide bonds. The molecule has 126 valence electrons. The Morgan fingerprint density at radius 2 is 1.83 bits per heavy atom. The van der Waals surface area contributed by atoms with E-state index >= 15 is 0 Å². The average molecular weight is 328 g/mol. The van der Waals surface area contributed by atoms with Crippen molar-refractivity contribution in [1.29, 1.82) is 0 Å². The van der Waals surface area contributed by atoms with Gasteiger partial charge in [0.25, 0.3) is 5.91 Å². The van der Waals surface area contributed by atoms with Gasteiger partial charge in [0.15, 0.2) is 0 Å². The van der Waals surface area contributed by atoms with E-state index in [0.29, 0.717) is 17.9 Å². The van der Waals surface area contributed by atoms with Crippen molar-refractivity contribution in [2.24, 2.45) is 5.73 Å². The molecule has 4 nitrogen and oxygen atoms in total. The number of hydrogen-bond donors (Lipinski definition) is 1. The molecule has 5 heteroatoms. The monoisotopic (exact) mass is 328 g/mol. The first-order valence-corrected chi connectivity index (χ1v) is 7.67. The second-order valence-electron chi connectivity index (χ2n) is 5.35. The standard InChI is InChI=1S/C19H21FN2O2/c1-22(13-15-5-3-2-4-6-15)19(23)16-7-9-18(10-8-16)24-14-17(20)11-12-21/h2-11H,12-14,21H2,1H3/b17-11-. The highest BCUT2D eigenvalue weighted by atomic mass is 19.1. The van der Waals surface area contributed by atoms with Crippen LogP contribution in [0.1, 0.15) is 15.9 Å². The van der Waals surface area contributed by atoms with Crippen LogP contribution in [0.5, 0.6) is 5.75 Å². The van der Waals surface area contributed by atoms with Crippen LogP contribution in [0, 0.1) is 0 Å². The largest absolute Gasteiger partial charge is 0.487 e. The minimum atomic E-state index is -0.416. The molecule has 2 aromatic carbocycles. The van der Waals surface area contributed by atoms with E-state index in [9.17, 15) is 9.18 Å². The topological polar surface area (TPSA) is 55.6 Å². The molecular formula is C19H21FN2O2. The molecule has 2 rings (SSSR count). The molecule has 0 atom stereocenters. The van der Waals surface area contributed by atoms with Gasteiger partial charge in [-0.3, -0.25) is 4.79 Å². The van der Waals surface area contributed by atoms with Gasteiger partial charge >= 0.3 is 0 Å². The smallest absolute Gasteiger partial charge is 0.253 e. The van der Waals surface area contributed by atoms with Crippen LogP contribution >= 0.6 is 0 Å². The van der Waals surface area contributed by atoms with Gasteiger partial charge in [-0.05, 0) is 35.9 Å². The number of benzene rings is 2. The lowest BCUT2D eigenvalue weighted by atomic mass is 10.1. The maximum absolute atomic E-state index is 13.2. The Balaban J connectivity index is 1.94. The van der Waals surface area contributed by atoms with E-state index in [1.165, 1.54) is 6.08 Å². The first-order chi connectivity index (χ1) is 11.6. The number of ether oxygens (including phenoxy) is 1. The number of rotatable bonds is 7. The molecule has 0 bridgehead atoms. The molecule has 2 N–H and O–H groups in total. The lowest BCUT2D eigenvalue weighted by Crippen LogP contribution is -2.26. The number of carbonyl (C=O) groups is 1. The van der Waals surface area contributed by atoms with Crippen LogP contribution in [0.4, 0.5) is 4.39 Å². The summed E-state index contributed by atoms with van der Waals surface area (Å²) in [4.78, 5) is 14.1. The molecular weight excluding hydrogens is 307 g/mol. The van der Waals surface area contributed by atoms with Crippen LogP contribution in [0.3, 0.4) is 0 Å². The summed E-state index contributed by atoms with van der Waals surface area (Å²) in [7, 11) is 1.76. The molecule has 0 radical (unpaired) electrons. The molecule has 0 aliphatic heterocycles. The second kappa shape index (κ2) is 8.84. The molecule has 0 heterocycles. The van der Waals surface area contributed by atoms with Crippen LogP contribution < -0.4 is 10.5 Å². The predicted molar refractivity (Wildman–Crippen MR) is 92.4 cm³/mol. The Labute approximate surface area is 141 Å². The minimum absolute atomic E-state index is 0.0837. The number of amides is 1. The van der Waals surface area contributed by atoms with Crippen LogP contribution in [-0.4, -0.2) is 31.0 Å². The molecule has 0 aromatic heterocycles. The Hall–Kier alpha value is -2.66. The zero-order valence-electron chi connectivity index (χ0n) is 13.6. The number of halogens is 1. The summed E-state index contributed by atoms with van der Waals surface area (Å²) >= 11 is 0. The Kier molecular flexibility index (Phi) is 6.51. The molecule has 0 unspecified atom stereocenters. The minimum Gasteiger partial charge on any atom is -0.487 e. The summed E-state index contributed by atoms with van der Waals surface area (Å²) in [6, 6.07) is 16.4. The van der Waals surface area contributed by atoms with Gasteiger partial charge in [0, 0.05) is 25.7 Å². The van der Waals surface area contributed by atoms with Gasteiger partial charge in [0.05, 0.1) is 0 Å². The maximum Gasteiger partial charge on any atom is 0.253 e. The van der Waals surface area contributed by atoms with Crippen molar-refractivity contribution in [1.82, 2.24) is 4.90 Å². The van der Waals surface area contributed by atoms with Crippen molar-refractivity contribution in [3.8, 4) is 5.75 Å². The summed E-state index contributed by atoms with van der Waals surface area (Å²) < 4.78 is 18.5. The Morgan fingerprint density at radius 3 is 2.46 bits per heavy atom. The Bertz CT molecular complexity index is 684. The molecule has 0 aliphatic carbocycles. The number of hydrogen-bond acceptors (Lipinski definition) is 3. The van der Waals surface area contributed by atoms with E-state index in [1.54, 1.807) is 36.2 Å². The number of carbonyl (C=O) groups excluding carboxylic acids is 1. The first-order valence-electron chi connectivity index (χ1n) is 7.67. The average Bonchev–Trinajstić information content (AvgIpc) is 2.61. The fraction of sp³-hybridized carbons (Fsp3) is 0.211. The summed E-state index contributed by atoms with van der Waals surface area (Å²) in [5.41, 5.74) is 6.84. The maximum atomic E-state index is 13.2. The van der Waals surface area contributed by atoms with Crippen molar-refractivity contribution in [2.45, 2.75) is 6.54 Å². The fourth-order valence-corrected chi connectivity index (χ4v) is 2.18. The van der Waals surface area contributed by atoms with E-state index in [-0.39, 0.29) is 19.1 Å². The van der Waals surface area contributed by atoms with Crippen molar-refractivity contribution in [3.05, 3.63) is 77.6 Å². The van der Waals surface area contributed by atoms with Gasteiger partial charge in [0.2, 0.25) is 0 Å². The third-order valence-electron chi connectivity index (χ3n) is 3.43. The van der Waals surface area contributed by atoms with E-state index in [2.05, 4.69) is 0 Å². The van der Waals surface area contributed by atoms with Gasteiger partial charge in [-0.2, -0.15) is 0 Å². The second-order valence-corrected chi connectivity index (χ2v) is 5.35. The zero-order valence-corrected chi connectivity index (χ0v) is 13.6. The highest BCUT2D eigenvalue weighted by Crippen LogP contribution is 2.15. The Morgan fingerprint density at radius 1 is 1.17 bits per heavy atom. The highest BCUT2D eigenvalue weighted by molar-refractivity contribution is 5.94. The van der Waals surface area contributed by atoms with Crippen LogP contribution in [0.15, 0.2) is 66.5 Å². The summed E-state index contributed by atoms with van der Waals surface area (Å²) in [5, 5.41) is 0. The van der Waals surface area contributed by atoms with E-state index in [0.717, 1.165) is 5.56 Å². The molecule has 0 spiro atoms. The van der Waals surface area contributed by atoms with Crippen molar-refractivity contribution in [3.63, 3.8) is 0 Å². The van der Waals surface area contributed by atoms with Gasteiger partial charge in [0.1, 0.15) is 18.2 Å². The molecule has 0 saturated carbocycles. The molecule has 2 aromatic rings. The normalized spacial score (nSPS) is 11.2. The number of nitrogens with two attached hydrogens (primary N) is 1. The molecule has 24 heavy (non-hydrogen) atoms. The van der Waals surface area contributed by atoms with E-state index in [1.807, 2.05) is 30.3 Å².